The number of nitrogens with one attached hydrogen (secondary N) is 1. The minimum Gasteiger partial charge on any atom is -0.497 e. The molecule has 0 saturated carbocycles. The topological polar surface area (TPSA) is 58.6 Å². The number of hydrogen-bond donors (Lipinski definition) is 1. The van der Waals surface area contributed by atoms with Gasteiger partial charge in [-0.05, 0) is 54.7 Å². The quantitative estimate of drug-likeness (QED) is 0.857. The van der Waals surface area contributed by atoms with E-state index in [1.165, 1.54) is 5.56 Å². The first-order valence-electron chi connectivity index (χ1n) is 9.82. The Labute approximate surface area is 166 Å². The van der Waals surface area contributed by atoms with Crippen LogP contribution >= 0.6 is 0 Å². The first kappa shape index (κ1) is 19.9. The molecule has 1 aliphatic heterocycles. The summed E-state index contributed by atoms with van der Waals surface area (Å²) in [5.41, 5.74) is 2.53. The highest BCUT2D eigenvalue weighted by molar-refractivity contribution is 5.95. The first-order chi connectivity index (χ1) is 13.5. The fraction of sp³-hybridized carbons (Fsp3) is 0.391. The van der Waals surface area contributed by atoms with Crippen LogP contribution in [-0.2, 0) is 0 Å². The molecule has 0 radical (unpaired) electrons. The molecule has 28 heavy (non-hydrogen) atoms. The third-order valence-electron chi connectivity index (χ3n) is 5.27. The van der Waals surface area contributed by atoms with Crippen molar-refractivity contribution in [1.82, 2.24) is 10.2 Å². The number of likely N-dealkylation sites (tertiary alicyclic amines) is 1. The van der Waals surface area contributed by atoms with E-state index in [0.717, 1.165) is 12.8 Å². The molecule has 2 amide bonds. The lowest BCUT2D eigenvalue weighted by Crippen LogP contribution is -2.46. The summed E-state index contributed by atoms with van der Waals surface area (Å²) in [6, 6.07) is 15.1. The highest BCUT2D eigenvalue weighted by Gasteiger charge is 2.25. The Morgan fingerprint density at radius 1 is 1.04 bits per heavy atom. The summed E-state index contributed by atoms with van der Waals surface area (Å²) in [5.74, 6) is 1.08. The fourth-order valence-corrected chi connectivity index (χ4v) is 3.45. The number of benzene rings is 2. The number of amides is 2. The van der Waals surface area contributed by atoms with Crippen molar-refractivity contribution in [2.75, 3.05) is 20.2 Å². The van der Waals surface area contributed by atoms with Crippen LogP contribution in [-0.4, -0.2) is 43.0 Å². The van der Waals surface area contributed by atoms with Crippen LogP contribution in [0.1, 0.15) is 58.9 Å². The fourth-order valence-electron chi connectivity index (χ4n) is 3.45. The highest BCUT2D eigenvalue weighted by Crippen LogP contribution is 2.19. The number of methoxy groups -OCH3 is 1. The molecule has 1 fully saturated rings. The highest BCUT2D eigenvalue weighted by atomic mass is 16.5. The number of piperidine rings is 1. The molecule has 1 heterocycles. The van der Waals surface area contributed by atoms with Gasteiger partial charge < -0.3 is 15.0 Å². The number of carbonyl (C=O) groups excluding carboxylic acids is 2. The van der Waals surface area contributed by atoms with E-state index in [0.29, 0.717) is 35.9 Å². The number of ether oxygens (including phenoxy) is 1. The van der Waals surface area contributed by atoms with Crippen LogP contribution in [0.3, 0.4) is 0 Å². The lowest BCUT2D eigenvalue weighted by molar-refractivity contribution is 0.0697. The summed E-state index contributed by atoms with van der Waals surface area (Å²) < 4.78 is 5.20. The Kier molecular flexibility index (Phi) is 6.34. The zero-order valence-electron chi connectivity index (χ0n) is 16.8. The van der Waals surface area contributed by atoms with E-state index < -0.39 is 0 Å². The van der Waals surface area contributed by atoms with Gasteiger partial charge in [-0.15, -0.1) is 0 Å². The zero-order valence-corrected chi connectivity index (χ0v) is 16.8. The average molecular weight is 380 g/mol. The van der Waals surface area contributed by atoms with Gasteiger partial charge in [-0.2, -0.15) is 0 Å². The summed E-state index contributed by atoms with van der Waals surface area (Å²) in [5, 5.41) is 3.10. The summed E-state index contributed by atoms with van der Waals surface area (Å²) in [6.45, 7) is 5.53. The van der Waals surface area contributed by atoms with Crippen molar-refractivity contribution in [3.8, 4) is 5.75 Å². The number of hydrogen-bond acceptors (Lipinski definition) is 3. The van der Waals surface area contributed by atoms with Crippen LogP contribution in [0.15, 0.2) is 48.5 Å². The van der Waals surface area contributed by atoms with E-state index >= 15 is 0 Å². The maximum atomic E-state index is 12.7. The van der Waals surface area contributed by atoms with E-state index in [-0.39, 0.29) is 17.9 Å². The second-order valence-electron chi connectivity index (χ2n) is 7.55. The first-order valence-corrected chi connectivity index (χ1v) is 9.82. The summed E-state index contributed by atoms with van der Waals surface area (Å²) in [6.07, 6.45) is 1.51. The van der Waals surface area contributed by atoms with Crippen molar-refractivity contribution in [3.05, 3.63) is 65.2 Å². The van der Waals surface area contributed by atoms with Crippen molar-refractivity contribution in [2.45, 2.75) is 38.6 Å². The second kappa shape index (κ2) is 8.91. The molecule has 1 N–H and O–H groups in total. The smallest absolute Gasteiger partial charge is 0.253 e. The molecule has 5 nitrogen and oxygen atoms in total. The van der Waals surface area contributed by atoms with Crippen molar-refractivity contribution in [2.24, 2.45) is 0 Å². The van der Waals surface area contributed by atoms with E-state index in [2.05, 4.69) is 19.2 Å². The summed E-state index contributed by atoms with van der Waals surface area (Å²) >= 11 is 0. The molecular weight excluding hydrogens is 352 g/mol. The van der Waals surface area contributed by atoms with Gasteiger partial charge in [0, 0.05) is 30.3 Å². The van der Waals surface area contributed by atoms with Gasteiger partial charge in [-0.1, -0.05) is 32.0 Å². The van der Waals surface area contributed by atoms with Crippen LogP contribution in [0.2, 0.25) is 0 Å². The van der Waals surface area contributed by atoms with Gasteiger partial charge in [0.05, 0.1) is 7.11 Å². The van der Waals surface area contributed by atoms with E-state index in [9.17, 15) is 9.59 Å². The number of rotatable bonds is 5. The van der Waals surface area contributed by atoms with Gasteiger partial charge in [0.2, 0.25) is 0 Å². The Hall–Kier alpha value is -2.82. The lowest BCUT2D eigenvalue weighted by Gasteiger charge is -2.32. The summed E-state index contributed by atoms with van der Waals surface area (Å²) in [4.78, 5) is 27.0. The van der Waals surface area contributed by atoms with E-state index in [1.807, 2.05) is 41.3 Å². The largest absolute Gasteiger partial charge is 0.497 e. The van der Waals surface area contributed by atoms with Crippen LogP contribution in [0.25, 0.3) is 0 Å². The molecule has 0 spiro atoms. The van der Waals surface area contributed by atoms with Gasteiger partial charge in [0.15, 0.2) is 0 Å². The van der Waals surface area contributed by atoms with Gasteiger partial charge in [-0.25, -0.2) is 0 Å². The molecule has 0 atom stereocenters. The number of nitrogens with zero attached hydrogens (tertiary/aromatic N) is 1. The monoisotopic (exact) mass is 380 g/mol. The third-order valence-corrected chi connectivity index (χ3v) is 5.27. The Morgan fingerprint density at radius 2 is 1.71 bits per heavy atom. The van der Waals surface area contributed by atoms with Gasteiger partial charge in [0.1, 0.15) is 5.75 Å². The van der Waals surface area contributed by atoms with Crippen LogP contribution < -0.4 is 10.1 Å². The minimum atomic E-state index is -0.0483. The van der Waals surface area contributed by atoms with Gasteiger partial charge in [-0.3, -0.25) is 9.59 Å². The number of carbonyl (C=O) groups is 2. The molecule has 1 saturated heterocycles. The second-order valence-corrected chi connectivity index (χ2v) is 7.55. The van der Waals surface area contributed by atoms with Gasteiger partial charge in [0.25, 0.3) is 11.8 Å². The average Bonchev–Trinajstić information content (AvgIpc) is 2.73. The zero-order chi connectivity index (χ0) is 20.1. The van der Waals surface area contributed by atoms with Crippen LogP contribution in [0, 0.1) is 0 Å². The lowest BCUT2D eigenvalue weighted by atomic mass is 10.0. The third kappa shape index (κ3) is 4.71. The predicted octanol–water partition coefficient (Wildman–Crippen LogP) is 3.85. The molecule has 2 aromatic rings. The van der Waals surface area contributed by atoms with Crippen molar-refractivity contribution in [3.63, 3.8) is 0 Å². The minimum absolute atomic E-state index is 0.00736. The molecule has 0 unspecified atom stereocenters. The molecule has 148 valence electrons. The SMILES string of the molecule is COc1cccc(C(=O)N2CCC(NC(=O)c3ccc(C(C)C)cc3)CC2)c1. The van der Waals surface area contributed by atoms with Crippen molar-refractivity contribution < 1.29 is 14.3 Å². The van der Waals surface area contributed by atoms with Crippen molar-refractivity contribution in [1.29, 1.82) is 0 Å². The maximum Gasteiger partial charge on any atom is 0.253 e. The molecular formula is C23H28N2O3. The summed E-state index contributed by atoms with van der Waals surface area (Å²) in [7, 11) is 1.59. The van der Waals surface area contributed by atoms with Gasteiger partial charge >= 0.3 is 0 Å². The van der Waals surface area contributed by atoms with Crippen LogP contribution in [0.4, 0.5) is 0 Å². The molecule has 1 aliphatic rings. The Bertz CT molecular complexity index is 822. The normalized spacial score (nSPS) is 14.8. The Morgan fingerprint density at radius 3 is 2.32 bits per heavy atom. The van der Waals surface area contributed by atoms with Crippen molar-refractivity contribution >= 4 is 11.8 Å². The molecule has 3 rings (SSSR count). The molecule has 0 aromatic heterocycles. The van der Waals surface area contributed by atoms with Crippen LogP contribution in [0.5, 0.6) is 5.75 Å². The van der Waals surface area contributed by atoms with E-state index in [4.69, 9.17) is 4.74 Å². The Balaban J connectivity index is 1.53. The maximum absolute atomic E-state index is 12.7. The van der Waals surface area contributed by atoms with E-state index in [1.54, 1.807) is 19.2 Å². The standard InChI is InChI=1S/C23H28N2O3/c1-16(2)17-7-9-18(10-8-17)22(26)24-20-11-13-25(14-12-20)23(27)19-5-4-6-21(15-19)28-3/h4-10,15-16,20H,11-14H2,1-3H3,(H,24,26). The molecule has 2 aromatic carbocycles. The molecule has 0 bridgehead atoms. The molecule has 0 aliphatic carbocycles. The predicted molar refractivity (Wildman–Crippen MR) is 110 cm³/mol. The molecule has 5 heteroatoms.